The highest BCUT2D eigenvalue weighted by Crippen LogP contribution is 2.52. The Hall–Kier alpha value is -8.75. The molecule has 18 rings (SSSR count). The fourth-order valence-electron chi connectivity index (χ4n) is 25.2. The summed E-state index contributed by atoms with van der Waals surface area (Å²) >= 11 is 0. The van der Waals surface area contributed by atoms with Crippen LogP contribution >= 0.6 is 0 Å². The number of nitrogens with two attached hydrogens (primary N) is 2. The molecule has 26 nitrogen and oxygen atoms in total. The first kappa shape index (κ1) is 84.8. The Morgan fingerprint density at radius 1 is 0.375 bits per heavy atom. The molecule has 26 heteroatoms. The van der Waals surface area contributed by atoms with E-state index in [0.717, 1.165) is 114 Å². The van der Waals surface area contributed by atoms with E-state index in [-0.39, 0.29) is 84.2 Å². The molecular formula is C94H128N14O12. The molecule has 2 amide bonds. The average molecular weight is 1650 g/mol. The summed E-state index contributed by atoms with van der Waals surface area (Å²) in [7, 11) is 0. The van der Waals surface area contributed by atoms with E-state index >= 15 is 0 Å². The van der Waals surface area contributed by atoms with Gasteiger partial charge in [0.15, 0.2) is 29.4 Å². The van der Waals surface area contributed by atoms with Crippen molar-refractivity contribution in [3.63, 3.8) is 0 Å². The second-order valence-corrected chi connectivity index (χ2v) is 38.4. The number of hydrogen-bond donors (Lipinski definition) is 4. The Labute approximate surface area is 704 Å². The van der Waals surface area contributed by atoms with Crippen LogP contribution in [0.15, 0.2) is 103 Å². The first-order valence-electron chi connectivity index (χ1n) is 46.2. The quantitative estimate of drug-likeness (QED) is 0.0342. The van der Waals surface area contributed by atoms with Crippen molar-refractivity contribution in [3.8, 4) is 0 Å². The van der Waals surface area contributed by atoms with Crippen LogP contribution in [0.4, 0.5) is 0 Å². The molecule has 6 aromatic rings. The van der Waals surface area contributed by atoms with Crippen molar-refractivity contribution in [3.05, 3.63) is 121 Å². The molecule has 6 saturated carbocycles. The number of oxime groups is 3. The summed E-state index contributed by atoms with van der Waals surface area (Å²) in [6, 6.07) is 28.2. The first-order valence-corrected chi connectivity index (χ1v) is 46.2. The predicted molar refractivity (Wildman–Crippen MR) is 463 cm³/mol. The maximum Gasteiger partial charge on any atom is 0.303 e. The number of hydrogen-bond acceptors (Lipinski definition) is 19. The lowest BCUT2D eigenvalue weighted by atomic mass is 9.68. The zero-order chi connectivity index (χ0) is 83.4. The standard InChI is InChI=1S/2C32H44N4O4.C30H40N6O4/c1-20(2)40-34-28(13-14-30(37)38)31-32(39)36(29-12-4-3-11-27(29)33-31)26-18-23-9-6-10-24(19-26)35(23)25-16-21-7-5-8-22(15-21)17-25;1-20(2)40-34-28(13-14-30(37)38)31-32(39)36(29-10-6-5-9-27(29)33-31)26-18-23-11-12-24(19-26)35(23)25-16-21-7-3-4-8-22(15-21)17-25;31-26(37)17-40-34-27(29(32)38)28-30(39)36(25-11-4-3-10-24(25)33-28)23-15-20-8-5-9-21(16-23)35(20)22-13-18-6-1-2-7-19(12-18)14-22/h3-4,11-12,20-26H,5-10,13-19H2,1-2H3,(H,37,38);5-6,9-10,20-26H,3-4,7-8,11-19H2,1-2H3,(H,37,38);3-4,10-11,18-23H,1-2,5-9,12-17H2,(H2,31,37)(H2,32,38)/b2*34-28+;34-27-. The van der Waals surface area contributed by atoms with Gasteiger partial charge in [-0.05, 0) is 234 Å². The fourth-order valence-corrected chi connectivity index (χ4v) is 25.2. The Morgan fingerprint density at radius 2 is 0.675 bits per heavy atom. The minimum atomic E-state index is -0.957. The number of para-hydroxylation sites is 6. The first-order chi connectivity index (χ1) is 58.1. The lowest BCUT2D eigenvalue weighted by Crippen LogP contribution is -2.58. The Bertz CT molecular complexity index is 4900. The van der Waals surface area contributed by atoms with Crippen LogP contribution in [-0.4, -0.2) is 168 Å². The van der Waals surface area contributed by atoms with Gasteiger partial charge in [0, 0.05) is 85.3 Å². The van der Waals surface area contributed by atoms with Gasteiger partial charge in [-0.25, -0.2) is 15.0 Å². The van der Waals surface area contributed by atoms with Gasteiger partial charge >= 0.3 is 11.9 Å². The molecule has 12 fully saturated rings. The number of aliphatic carboxylic acids is 2. The summed E-state index contributed by atoms with van der Waals surface area (Å²) in [5.74, 6) is 1.74. The number of carbonyl (C=O) groups excluding carboxylic acids is 2. The van der Waals surface area contributed by atoms with Crippen LogP contribution in [0, 0.1) is 35.5 Å². The number of rotatable bonds is 23. The number of carbonyl (C=O) groups is 4. The molecule has 12 unspecified atom stereocenters. The Balaban J connectivity index is 0.000000134. The van der Waals surface area contributed by atoms with Crippen molar-refractivity contribution in [2.24, 2.45) is 62.4 Å². The van der Waals surface area contributed by atoms with Gasteiger partial charge in [0.25, 0.3) is 28.5 Å². The number of benzene rings is 3. The van der Waals surface area contributed by atoms with E-state index in [2.05, 4.69) is 35.2 Å². The Kier molecular flexibility index (Phi) is 26.8. The molecule has 6 saturated heterocycles. The van der Waals surface area contributed by atoms with E-state index in [9.17, 15) is 43.8 Å². The van der Waals surface area contributed by atoms with Crippen LogP contribution in [0.5, 0.6) is 0 Å². The van der Waals surface area contributed by atoms with Crippen molar-refractivity contribution in [2.45, 2.75) is 356 Å². The normalized spacial score (nSPS) is 30.9. The molecule has 9 heterocycles. The third-order valence-electron chi connectivity index (χ3n) is 29.6. The third-order valence-corrected chi connectivity index (χ3v) is 29.6. The van der Waals surface area contributed by atoms with Gasteiger partial charge in [0.1, 0.15) is 23.6 Å². The number of amides is 2. The lowest BCUT2D eigenvalue weighted by molar-refractivity contribution is -0.137. The van der Waals surface area contributed by atoms with Gasteiger partial charge in [0.2, 0.25) is 0 Å². The van der Waals surface area contributed by atoms with Crippen molar-refractivity contribution < 1.29 is 43.9 Å². The summed E-state index contributed by atoms with van der Waals surface area (Å²) in [5.41, 5.74) is 14.9. The predicted octanol–water partition coefficient (Wildman–Crippen LogP) is 14.8. The molecule has 3 aromatic heterocycles. The lowest BCUT2D eigenvalue weighted by Gasteiger charge is -2.55. The number of primary amides is 2. The number of nitrogens with zero attached hydrogens (tertiary/aromatic N) is 12. The molecule has 0 radical (unpaired) electrons. The van der Waals surface area contributed by atoms with Crippen molar-refractivity contribution >= 4 is 74.0 Å². The summed E-state index contributed by atoms with van der Waals surface area (Å²) < 4.78 is 5.75. The van der Waals surface area contributed by atoms with E-state index in [0.29, 0.717) is 71.3 Å². The molecule has 12 bridgehead atoms. The van der Waals surface area contributed by atoms with Crippen LogP contribution in [0.3, 0.4) is 0 Å². The third kappa shape index (κ3) is 19.0. The van der Waals surface area contributed by atoms with Gasteiger partial charge in [-0.2, -0.15) is 0 Å². The molecule has 6 aliphatic heterocycles. The molecule has 3 aromatic carbocycles. The van der Waals surface area contributed by atoms with Gasteiger partial charge in [-0.15, -0.1) is 0 Å². The number of piperidine rings is 5. The number of aromatic nitrogens is 6. The molecule has 0 spiro atoms. The fraction of sp³-hybridized carbons (Fsp3) is 0.670. The molecule has 12 aliphatic rings. The smallest absolute Gasteiger partial charge is 0.303 e. The SMILES string of the molecule is CC(C)O/N=C(\CCC(=O)O)c1nc2ccccc2n(C2CC3CCC(C2)N3C2CC3CCCCC(C3)C2)c1=O.CC(C)O/N=C(\CCC(=O)O)c1nc2ccccc2n(C2CC3CCCC(C2)N3C2CC3CCCC(C3)C2)c1=O.NC(=O)CO/N=C(\C(N)=O)c1nc2ccccc2n(C2CC3CCCC(C2)N3C2CC3CCCCC(C3)C2)c1=O. The van der Waals surface area contributed by atoms with Crippen LogP contribution < -0.4 is 28.1 Å². The van der Waals surface area contributed by atoms with E-state index in [1.807, 2.05) is 114 Å². The summed E-state index contributed by atoms with van der Waals surface area (Å²) in [6.07, 6.45) is 42.6. The van der Waals surface area contributed by atoms with E-state index < -0.39 is 41.6 Å². The molecule has 12 atom stereocenters. The molecular weight excluding hydrogens is 1520 g/mol. The second-order valence-electron chi connectivity index (χ2n) is 38.4. The summed E-state index contributed by atoms with van der Waals surface area (Å²) in [6.45, 7) is 6.89. The van der Waals surface area contributed by atoms with Crippen molar-refractivity contribution in [1.29, 1.82) is 0 Å². The highest BCUT2D eigenvalue weighted by Gasteiger charge is 2.50. The highest BCUT2D eigenvalue weighted by atomic mass is 16.6. The van der Waals surface area contributed by atoms with Crippen LogP contribution in [0.2, 0.25) is 0 Å². The number of carboxylic acids is 2. The average Bonchev–Trinajstić information content (AvgIpc) is 0.950. The molecule has 646 valence electrons. The topological polar surface area (TPSA) is 340 Å². The van der Waals surface area contributed by atoms with Crippen LogP contribution in [-0.2, 0) is 33.7 Å². The zero-order valence-corrected chi connectivity index (χ0v) is 71.1. The number of fused-ring (bicyclic) bond motifs is 15. The van der Waals surface area contributed by atoms with Crippen molar-refractivity contribution in [2.75, 3.05) is 6.61 Å². The van der Waals surface area contributed by atoms with Crippen LogP contribution in [0.25, 0.3) is 33.1 Å². The monoisotopic (exact) mass is 1640 g/mol. The van der Waals surface area contributed by atoms with Gasteiger partial charge in [-0.1, -0.05) is 135 Å². The number of carboxylic acid groups (broad SMARTS) is 2. The highest BCUT2D eigenvalue weighted by molar-refractivity contribution is 6.44. The maximum atomic E-state index is 14.3. The van der Waals surface area contributed by atoms with Crippen molar-refractivity contribution in [1.82, 2.24) is 43.4 Å². The maximum absolute atomic E-state index is 14.3. The van der Waals surface area contributed by atoms with E-state index in [1.165, 1.54) is 167 Å². The van der Waals surface area contributed by atoms with Gasteiger partial charge < -0.3 is 49.9 Å². The Morgan fingerprint density at radius 3 is 0.992 bits per heavy atom. The second kappa shape index (κ2) is 37.9. The molecule has 6 aliphatic carbocycles. The summed E-state index contributed by atoms with van der Waals surface area (Å²) in [5, 5.41) is 30.9. The zero-order valence-electron chi connectivity index (χ0n) is 71.1. The largest absolute Gasteiger partial charge is 0.481 e. The minimum absolute atomic E-state index is 0.0303. The van der Waals surface area contributed by atoms with E-state index in [4.69, 9.17) is 35.9 Å². The molecule has 6 N–H and O–H groups in total. The minimum Gasteiger partial charge on any atom is -0.481 e. The van der Waals surface area contributed by atoms with Crippen LogP contribution in [0.1, 0.15) is 307 Å². The van der Waals surface area contributed by atoms with Gasteiger partial charge in [-0.3, -0.25) is 48.3 Å². The van der Waals surface area contributed by atoms with Gasteiger partial charge in [0.05, 0.1) is 45.9 Å². The summed E-state index contributed by atoms with van der Waals surface area (Å²) in [4.78, 5) is 127. The van der Waals surface area contributed by atoms with E-state index in [1.54, 1.807) is 0 Å². The molecule has 120 heavy (non-hydrogen) atoms.